The van der Waals surface area contributed by atoms with Gasteiger partial charge in [-0.05, 0) is 24.4 Å². The van der Waals surface area contributed by atoms with E-state index in [4.69, 9.17) is 16.7 Å². The molecule has 2 rings (SSSR count). The third-order valence-corrected chi connectivity index (χ3v) is 2.73. The van der Waals surface area contributed by atoms with Crippen molar-refractivity contribution in [1.82, 2.24) is 14.8 Å². The first-order valence-corrected chi connectivity index (χ1v) is 4.86. The molecule has 2 heterocycles. The Morgan fingerprint density at radius 1 is 1.64 bits per heavy atom. The maximum Gasteiger partial charge on any atom is 0.304 e. The fraction of sp³-hybridized carbons (Fsp3) is 0.625. The van der Waals surface area contributed by atoms with Crippen LogP contribution in [-0.4, -0.2) is 25.8 Å². The molecule has 0 saturated heterocycles. The van der Waals surface area contributed by atoms with Crippen LogP contribution in [0.5, 0.6) is 0 Å². The first kappa shape index (κ1) is 9.45. The third kappa shape index (κ3) is 1.59. The van der Waals surface area contributed by atoms with Gasteiger partial charge in [-0.15, -0.1) is 10.2 Å². The van der Waals surface area contributed by atoms with Gasteiger partial charge in [0.05, 0.1) is 6.42 Å². The average Bonchev–Trinajstić information content (AvgIpc) is 2.49. The van der Waals surface area contributed by atoms with Gasteiger partial charge in [0.25, 0.3) is 0 Å². The number of fused-ring (bicyclic) bond motifs is 1. The van der Waals surface area contributed by atoms with Crippen LogP contribution in [-0.2, 0) is 11.3 Å². The van der Waals surface area contributed by atoms with Crippen molar-refractivity contribution in [2.24, 2.45) is 0 Å². The second-order valence-corrected chi connectivity index (χ2v) is 3.75. The first-order valence-electron chi connectivity index (χ1n) is 4.49. The Labute approximate surface area is 85.7 Å². The molecule has 76 valence electrons. The zero-order chi connectivity index (χ0) is 10.1. The number of rotatable bonds is 2. The number of carboxylic acids is 1. The van der Waals surface area contributed by atoms with Crippen LogP contribution in [0.4, 0.5) is 0 Å². The Morgan fingerprint density at radius 3 is 3.14 bits per heavy atom. The molecule has 14 heavy (non-hydrogen) atoms. The monoisotopic (exact) mass is 215 g/mol. The minimum Gasteiger partial charge on any atom is -0.481 e. The molecular weight excluding hydrogens is 206 g/mol. The molecule has 1 N–H and O–H groups in total. The van der Waals surface area contributed by atoms with Crippen LogP contribution in [0, 0.1) is 0 Å². The van der Waals surface area contributed by atoms with Gasteiger partial charge < -0.3 is 9.67 Å². The van der Waals surface area contributed by atoms with Crippen molar-refractivity contribution in [2.45, 2.75) is 31.7 Å². The number of carboxylic acid groups (broad SMARTS) is 1. The number of aliphatic carboxylic acids is 1. The van der Waals surface area contributed by atoms with Crippen LogP contribution in [0.1, 0.15) is 31.0 Å². The molecule has 1 aromatic rings. The van der Waals surface area contributed by atoms with E-state index in [9.17, 15) is 4.79 Å². The van der Waals surface area contributed by atoms with Crippen molar-refractivity contribution in [3.05, 3.63) is 11.1 Å². The highest BCUT2D eigenvalue weighted by Crippen LogP contribution is 2.30. The maximum atomic E-state index is 10.6. The first-order chi connectivity index (χ1) is 6.68. The molecule has 0 aliphatic carbocycles. The number of halogens is 1. The molecule has 1 aromatic heterocycles. The van der Waals surface area contributed by atoms with E-state index in [0.29, 0.717) is 11.1 Å². The lowest BCUT2D eigenvalue weighted by atomic mass is 9.96. The summed E-state index contributed by atoms with van der Waals surface area (Å²) in [6.45, 7) is 0.789. The molecule has 1 aliphatic rings. The van der Waals surface area contributed by atoms with Gasteiger partial charge in [-0.1, -0.05) is 0 Å². The Balaban J connectivity index is 2.27. The summed E-state index contributed by atoms with van der Waals surface area (Å²) in [5, 5.41) is 16.7. The highest BCUT2D eigenvalue weighted by Gasteiger charge is 2.26. The normalized spacial score (nSPS) is 20.5. The standard InChI is InChI=1S/C8H10ClN3O2/c9-8-11-10-7-5(4-6(13)14)2-1-3-12(7)8/h5H,1-4H2,(H,13,14). The lowest BCUT2D eigenvalue weighted by Crippen LogP contribution is -2.18. The van der Waals surface area contributed by atoms with Gasteiger partial charge in [0.2, 0.25) is 5.28 Å². The van der Waals surface area contributed by atoms with Gasteiger partial charge in [0.15, 0.2) is 0 Å². The molecule has 1 aliphatic heterocycles. The van der Waals surface area contributed by atoms with Crippen LogP contribution >= 0.6 is 11.6 Å². The molecule has 5 nitrogen and oxygen atoms in total. The van der Waals surface area contributed by atoms with Crippen LogP contribution < -0.4 is 0 Å². The number of carbonyl (C=O) groups is 1. The Hall–Kier alpha value is -1.10. The fourth-order valence-electron chi connectivity index (χ4n) is 1.83. The molecule has 0 aromatic carbocycles. The van der Waals surface area contributed by atoms with Crippen LogP contribution in [0.25, 0.3) is 0 Å². The zero-order valence-electron chi connectivity index (χ0n) is 7.48. The molecule has 0 radical (unpaired) electrons. The number of hydrogen-bond acceptors (Lipinski definition) is 3. The summed E-state index contributed by atoms with van der Waals surface area (Å²) in [5.41, 5.74) is 0. The molecule has 6 heteroatoms. The molecule has 0 amide bonds. The molecule has 0 spiro atoms. The van der Waals surface area contributed by atoms with Gasteiger partial charge in [-0.2, -0.15) is 0 Å². The topological polar surface area (TPSA) is 68.0 Å². The second kappa shape index (κ2) is 3.57. The molecule has 0 fully saturated rings. The maximum absolute atomic E-state index is 10.6. The van der Waals surface area contributed by atoms with Gasteiger partial charge in [-0.25, -0.2) is 0 Å². The van der Waals surface area contributed by atoms with E-state index in [1.54, 1.807) is 4.57 Å². The predicted molar refractivity (Wildman–Crippen MR) is 49.3 cm³/mol. The summed E-state index contributed by atoms with van der Waals surface area (Å²) in [6, 6.07) is 0. The van der Waals surface area contributed by atoms with Crippen molar-refractivity contribution in [3.63, 3.8) is 0 Å². The van der Waals surface area contributed by atoms with Gasteiger partial charge in [-0.3, -0.25) is 4.79 Å². The Bertz CT molecular complexity index is 363. The van der Waals surface area contributed by atoms with E-state index in [-0.39, 0.29) is 12.3 Å². The highest BCUT2D eigenvalue weighted by molar-refractivity contribution is 6.28. The molecule has 1 unspecified atom stereocenters. The van der Waals surface area contributed by atoms with E-state index in [1.807, 2.05) is 0 Å². The van der Waals surface area contributed by atoms with Crippen molar-refractivity contribution in [3.8, 4) is 0 Å². The van der Waals surface area contributed by atoms with Crippen molar-refractivity contribution < 1.29 is 9.90 Å². The number of hydrogen-bond donors (Lipinski definition) is 1. The zero-order valence-corrected chi connectivity index (χ0v) is 8.24. The summed E-state index contributed by atoms with van der Waals surface area (Å²) < 4.78 is 1.79. The quantitative estimate of drug-likeness (QED) is 0.807. The summed E-state index contributed by atoms with van der Waals surface area (Å²) in [7, 11) is 0. The van der Waals surface area contributed by atoms with Crippen LogP contribution in [0.15, 0.2) is 0 Å². The summed E-state index contributed by atoms with van der Waals surface area (Å²) >= 11 is 5.80. The fourth-order valence-corrected chi connectivity index (χ4v) is 2.04. The van der Waals surface area contributed by atoms with Crippen LogP contribution in [0.3, 0.4) is 0 Å². The minimum absolute atomic E-state index is 0.0405. The summed E-state index contributed by atoms with van der Waals surface area (Å²) in [4.78, 5) is 10.6. The van der Waals surface area contributed by atoms with E-state index < -0.39 is 5.97 Å². The van der Waals surface area contributed by atoms with E-state index in [2.05, 4.69) is 10.2 Å². The summed E-state index contributed by atoms with van der Waals surface area (Å²) in [6.07, 6.45) is 1.89. The van der Waals surface area contributed by atoms with Crippen molar-refractivity contribution in [2.75, 3.05) is 0 Å². The Kier molecular flexibility index (Phi) is 2.41. The van der Waals surface area contributed by atoms with E-state index in [1.165, 1.54) is 0 Å². The third-order valence-electron chi connectivity index (χ3n) is 2.45. The minimum atomic E-state index is -0.803. The Morgan fingerprint density at radius 2 is 2.43 bits per heavy atom. The largest absolute Gasteiger partial charge is 0.481 e. The van der Waals surface area contributed by atoms with E-state index in [0.717, 1.165) is 19.4 Å². The number of nitrogens with zero attached hydrogens (tertiary/aromatic N) is 3. The van der Waals surface area contributed by atoms with Crippen LogP contribution in [0.2, 0.25) is 5.28 Å². The van der Waals surface area contributed by atoms with Gasteiger partial charge in [0, 0.05) is 12.5 Å². The van der Waals surface area contributed by atoms with E-state index >= 15 is 0 Å². The lowest BCUT2D eigenvalue weighted by molar-refractivity contribution is -0.137. The van der Waals surface area contributed by atoms with Gasteiger partial charge in [0.1, 0.15) is 5.82 Å². The van der Waals surface area contributed by atoms with Crippen molar-refractivity contribution in [1.29, 1.82) is 0 Å². The second-order valence-electron chi connectivity index (χ2n) is 3.42. The lowest BCUT2D eigenvalue weighted by Gasteiger charge is -2.21. The predicted octanol–water partition coefficient (Wildman–Crippen LogP) is 1.28. The molecule has 1 atom stereocenters. The smallest absolute Gasteiger partial charge is 0.304 e. The number of aromatic nitrogens is 3. The molecule has 0 bridgehead atoms. The molecule has 0 saturated carbocycles. The molecular formula is C8H10ClN3O2. The average molecular weight is 216 g/mol. The SMILES string of the molecule is O=C(O)CC1CCCn2c(Cl)nnc21. The summed E-state index contributed by atoms with van der Waals surface area (Å²) in [5.74, 6) is -0.132. The highest BCUT2D eigenvalue weighted by atomic mass is 35.5. The van der Waals surface area contributed by atoms with Crippen molar-refractivity contribution >= 4 is 17.6 Å². The van der Waals surface area contributed by atoms with Gasteiger partial charge >= 0.3 is 5.97 Å².